The molecule has 84 valence electrons. The fourth-order valence-electron chi connectivity index (χ4n) is 2.09. The van der Waals surface area contributed by atoms with Crippen LogP contribution in [0.4, 0.5) is 0 Å². The van der Waals surface area contributed by atoms with Gasteiger partial charge in [0.15, 0.2) is 4.77 Å². The lowest BCUT2D eigenvalue weighted by Crippen LogP contribution is -1.96. The number of rotatable bonds is 1. The van der Waals surface area contributed by atoms with Gasteiger partial charge in [-0.1, -0.05) is 30.3 Å². The number of benzene rings is 2. The Balaban J connectivity index is 2.29. The van der Waals surface area contributed by atoms with Gasteiger partial charge in [0.2, 0.25) is 0 Å². The number of imidazole rings is 1. The fourth-order valence-corrected chi connectivity index (χ4v) is 2.40. The van der Waals surface area contributed by atoms with Crippen molar-refractivity contribution in [3.8, 4) is 5.69 Å². The zero-order valence-electron chi connectivity index (χ0n) is 9.47. The number of hydrogen-bond donors (Lipinski definition) is 1. The minimum atomic E-state index is 0.734. The molecule has 0 saturated carbocycles. The number of hydrogen-bond acceptors (Lipinski definition) is 1. The lowest BCUT2D eigenvalue weighted by atomic mass is 10.1. The minimum Gasteiger partial charge on any atom is -0.337 e. The fraction of sp³-hybridized carbons (Fsp3) is 0.0714. The maximum absolute atomic E-state index is 5.28. The summed E-state index contributed by atoms with van der Waals surface area (Å²) in [6, 6.07) is 14.7. The number of aryl methyl sites for hydroxylation is 1. The molecular weight excluding hydrogens is 228 g/mol. The molecule has 0 fully saturated rings. The van der Waals surface area contributed by atoms with Gasteiger partial charge in [-0.3, -0.25) is 4.57 Å². The van der Waals surface area contributed by atoms with E-state index in [1.165, 1.54) is 10.8 Å². The Morgan fingerprint density at radius 2 is 1.82 bits per heavy atom. The first kappa shape index (κ1) is 10.3. The highest BCUT2D eigenvalue weighted by Crippen LogP contribution is 2.19. The second-order valence-corrected chi connectivity index (χ2v) is 4.49. The molecule has 3 heteroatoms. The molecule has 3 rings (SSSR count). The molecule has 1 heterocycles. The van der Waals surface area contributed by atoms with Crippen LogP contribution in [-0.2, 0) is 0 Å². The lowest BCUT2D eigenvalue weighted by Gasteiger charge is -2.06. The van der Waals surface area contributed by atoms with Crippen molar-refractivity contribution in [1.82, 2.24) is 9.55 Å². The van der Waals surface area contributed by atoms with Crippen LogP contribution in [0, 0.1) is 11.7 Å². The monoisotopic (exact) mass is 240 g/mol. The topological polar surface area (TPSA) is 20.7 Å². The molecule has 0 aliphatic heterocycles. The van der Waals surface area contributed by atoms with E-state index in [0.717, 1.165) is 16.2 Å². The van der Waals surface area contributed by atoms with Crippen LogP contribution in [0.1, 0.15) is 5.69 Å². The first-order valence-corrected chi connectivity index (χ1v) is 5.93. The second kappa shape index (κ2) is 3.86. The third-order valence-electron chi connectivity index (χ3n) is 2.95. The van der Waals surface area contributed by atoms with Gasteiger partial charge in [-0.2, -0.15) is 0 Å². The van der Waals surface area contributed by atoms with Crippen LogP contribution in [-0.4, -0.2) is 9.55 Å². The Morgan fingerprint density at radius 3 is 2.53 bits per heavy atom. The Morgan fingerprint density at radius 1 is 1.06 bits per heavy atom. The van der Waals surface area contributed by atoms with Crippen LogP contribution in [0.25, 0.3) is 16.5 Å². The van der Waals surface area contributed by atoms with E-state index in [-0.39, 0.29) is 0 Å². The molecule has 0 saturated heterocycles. The Hall–Kier alpha value is -1.87. The van der Waals surface area contributed by atoms with E-state index < -0.39 is 0 Å². The van der Waals surface area contributed by atoms with Gasteiger partial charge in [0.1, 0.15) is 0 Å². The predicted octanol–water partition coefficient (Wildman–Crippen LogP) is 4.00. The van der Waals surface area contributed by atoms with Crippen molar-refractivity contribution in [2.45, 2.75) is 6.92 Å². The van der Waals surface area contributed by atoms with Gasteiger partial charge in [-0.05, 0) is 42.0 Å². The van der Waals surface area contributed by atoms with Crippen molar-refractivity contribution < 1.29 is 0 Å². The summed E-state index contributed by atoms with van der Waals surface area (Å²) in [4.78, 5) is 3.06. The summed E-state index contributed by atoms with van der Waals surface area (Å²) in [5.74, 6) is 0. The molecule has 0 atom stereocenters. The molecule has 0 radical (unpaired) electrons. The van der Waals surface area contributed by atoms with Crippen molar-refractivity contribution >= 4 is 23.0 Å². The van der Waals surface area contributed by atoms with E-state index in [4.69, 9.17) is 12.2 Å². The number of fused-ring (bicyclic) bond motifs is 1. The SMILES string of the molecule is Cc1c[nH]c(=S)n1-c1ccc2ccccc2c1. The molecule has 0 unspecified atom stereocenters. The van der Waals surface area contributed by atoms with E-state index in [9.17, 15) is 0 Å². The summed E-state index contributed by atoms with van der Waals surface area (Å²) < 4.78 is 2.78. The van der Waals surface area contributed by atoms with E-state index >= 15 is 0 Å². The first-order chi connectivity index (χ1) is 8.25. The highest BCUT2D eigenvalue weighted by Gasteiger charge is 2.03. The Bertz CT molecular complexity index is 737. The van der Waals surface area contributed by atoms with Gasteiger partial charge in [0.05, 0.1) is 0 Å². The molecule has 0 spiro atoms. The molecule has 1 aromatic heterocycles. The molecule has 2 nitrogen and oxygen atoms in total. The van der Waals surface area contributed by atoms with Crippen LogP contribution in [0.5, 0.6) is 0 Å². The first-order valence-electron chi connectivity index (χ1n) is 5.52. The second-order valence-electron chi connectivity index (χ2n) is 4.10. The molecule has 1 N–H and O–H groups in total. The average molecular weight is 240 g/mol. The van der Waals surface area contributed by atoms with Gasteiger partial charge in [0.25, 0.3) is 0 Å². The van der Waals surface area contributed by atoms with Crippen LogP contribution >= 0.6 is 12.2 Å². The summed E-state index contributed by atoms with van der Waals surface area (Å²) in [7, 11) is 0. The average Bonchev–Trinajstić information content (AvgIpc) is 2.68. The minimum absolute atomic E-state index is 0.734. The summed E-state index contributed by atoms with van der Waals surface area (Å²) in [6.07, 6.45) is 1.93. The quantitative estimate of drug-likeness (QED) is 0.638. The molecule has 0 aliphatic rings. The molecule has 0 amide bonds. The zero-order valence-corrected chi connectivity index (χ0v) is 10.3. The number of aromatic amines is 1. The van der Waals surface area contributed by atoms with Crippen molar-refractivity contribution in [2.24, 2.45) is 0 Å². The van der Waals surface area contributed by atoms with Crippen molar-refractivity contribution in [1.29, 1.82) is 0 Å². The maximum atomic E-state index is 5.28. The third kappa shape index (κ3) is 1.68. The Labute approximate surface area is 105 Å². The smallest absolute Gasteiger partial charge is 0.182 e. The predicted molar refractivity (Wildman–Crippen MR) is 73.2 cm³/mol. The summed E-state index contributed by atoms with van der Waals surface area (Å²) in [6.45, 7) is 2.04. The maximum Gasteiger partial charge on any atom is 0.182 e. The number of nitrogens with zero attached hydrogens (tertiary/aromatic N) is 1. The Kier molecular flexibility index (Phi) is 2.34. The van der Waals surface area contributed by atoms with Gasteiger partial charge >= 0.3 is 0 Å². The van der Waals surface area contributed by atoms with Crippen LogP contribution < -0.4 is 0 Å². The normalized spacial score (nSPS) is 10.9. The molecule has 3 aromatic rings. The molecule has 0 bridgehead atoms. The van der Waals surface area contributed by atoms with E-state index in [2.05, 4.69) is 47.4 Å². The largest absolute Gasteiger partial charge is 0.337 e. The molecule has 2 aromatic carbocycles. The van der Waals surface area contributed by atoms with Gasteiger partial charge in [-0.15, -0.1) is 0 Å². The van der Waals surface area contributed by atoms with Crippen molar-refractivity contribution in [3.63, 3.8) is 0 Å². The molecular formula is C14H12N2S. The van der Waals surface area contributed by atoms with E-state index in [0.29, 0.717) is 0 Å². The van der Waals surface area contributed by atoms with E-state index in [1.807, 2.05) is 17.7 Å². The zero-order chi connectivity index (χ0) is 11.8. The standard InChI is InChI=1S/C14H12N2S/c1-10-9-15-14(17)16(10)13-7-6-11-4-2-3-5-12(11)8-13/h2-9H,1H3,(H,15,17). The molecule has 0 aliphatic carbocycles. The number of aromatic nitrogens is 2. The summed E-state index contributed by atoms with van der Waals surface area (Å²) in [5, 5.41) is 2.48. The van der Waals surface area contributed by atoms with Crippen molar-refractivity contribution in [2.75, 3.05) is 0 Å². The van der Waals surface area contributed by atoms with Gasteiger partial charge in [-0.25, -0.2) is 0 Å². The van der Waals surface area contributed by atoms with Crippen LogP contribution in [0.2, 0.25) is 0 Å². The van der Waals surface area contributed by atoms with Crippen LogP contribution in [0.3, 0.4) is 0 Å². The summed E-state index contributed by atoms with van der Waals surface area (Å²) in [5.41, 5.74) is 2.22. The van der Waals surface area contributed by atoms with Crippen molar-refractivity contribution in [3.05, 3.63) is 59.1 Å². The molecule has 17 heavy (non-hydrogen) atoms. The van der Waals surface area contributed by atoms with Gasteiger partial charge in [0, 0.05) is 17.6 Å². The highest BCUT2D eigenvalue weighted by atomic mass is 32.1. The van der Waals surface area contributed by atoms with Gasteiger partial charge < -0.3 is 4.98 Å². The number of nitrogens with one attached hydrogen (secondary N) is 1. The third-order valence-corrected chi connectivity index (χ3v) is 3.25. The van der Waals surface area contributed by atoms with Crippen LogP contribution in [0.15, 0.2) is 48.7 Å². The number of H-pyrrole nitrogens is 1. The van der Waals surface area contributed by atoms with E-state index in [1.54, 1.807) is 0 Å². The lowest BCUT2D eigenvalue weighted by molar-refractivity contribution is 0.987. The highest BCUT2D eigenvalue weighted by molar-refractivity contribution is 7.71. The summed E-state index contributed by atoms with van der Waals surface area (Å²) >= 11 is 5.28.